The van der Waals surface area contributed by atoms with Gasteiger partial charge in [-0.1, -0.05) is 41.9 Å². The number of aryl methyl sites for hydroxylation is 1. The summed E-state index contributed by atoms with van der Waals surface area (Å²) in [6, 6.07) is 16.0. The number of ether oxygens (including phenoxy) is 1. The summed E-state index contributed by atoms with van der Waals surface area (Å²) < 4.78 is 6.25. The van der Waals surface area contributed by atoms with Crippen LogP contribution in [0.15, 0.2) is 48.5 Å². The molecule has 0 amide bonds. The van der Waals surface area contributed by atoms with Gasteiger partial charge in [0.05, 0.1) is 0 Å². The van der Waals surface area contributed by atoms with Gasteiger partial charge in [0.25, 0.3) is 0 Å². The maximum absolute atomic E-state index is 6.25. The van der Waals surface area contributed by atoms with Gasteiger partial charge in [-0.3, -0.25) is 0 Å². The molecule has 2 nitrogen and oxygen atoms in total. The van der Waals surface area contributed by atoms with E-state index in [4.69, 9.17) is 16.3 Å². The highest BCUT2D eigenvalue weighted by Gasteiger charge is 2.15. The summed E-state index contributed by atoms with van der Waals surface area (Å²) in [5, 5.41) is 0.751. The van der Waals surface area contributed by atoms with Crippen LogP contribution in [0.3, 0.4) is 0 Å². The average Bonchev–Trinajstić information content (AvgIpc) is 2.46. The summed E-state index contributed by atoms with van der Waals surface area (Å²) in [5.41, 5.74) is 2.31. The Kier molecular flexibility index (Phi) is 5.66. The van der Waals surface area contributed by atoms with Crippen LogP contribution in [0.2, 0.25) is 5.02 Å². The summed E-state index contributed by atoms with van der Waals surface area (Å²) in [5.74, 6) is 0.941. The molecule has 0 N–H and O–H groups in total. The van der Waals surface area contributed by atoms with Crippen LogP contribution in [0.1, 0.15) is 23.7 Å². The van der Waals surface area contributed by atoms with Gasteiger partial charge in [-0.25, -0.2) is 0 Å². The third-order valence-corrected chi connectivity index (χ3v) is 3.70. The molecule has 0 aliphatic heterocycles. The number of hydrogen-bond acceptors (Lipinski definition) is 2. The summed E-state index contributed by atoms with van der Waals surface area (Å²) in [6.07, 6.45) is 0.967. The molecule has 1 atom stereocenters. The van der Waals surface area contributed by atoms with Crippen molar-refractivity contribution in [2.75, 3.05) is 20.6 Å². The molecular weight excluding hydrogens is 282 g/mol. The van der Waals surface area contributed by atoms with E-state index in [1.165, 1.54) is 0 Å². The first-order chi connectivity index (χ1) is 10.1. The Labute approximate surface area is 132 Å². The van der Waals surface area contributed by atoms with Gasteiger partial charge in [0.1, 0.15) is 11.9 Å². The number of nitrogens with zero attached hydrogens (tertiary/aromatic N) is 1. The van der Waals surface area contributed by atoms with Crippen LogP contribution in [0, 0.1) is 6.92 Å². The van der Waals surface area contributed by atoms with E-state index in [9.17, 15) is 0 Å². The molecule has 2 aromatic carbocycles. The molecule has 0 aliphatic rings. The van der Waals surface area contributed by atoms with Crippen LogP contribution >= 0.6 is 11.6 Å². The summed E-state index contributed by atoms with van der Waals surface area (Å²) in [6.45, 7) is 3.04. The zero-order valence-electron chi connectivity index (χ0n) is 12.8. The SMILES string of the molecule is Cc1ccccc1OC(CCN(C)C)c1ccc(Cl)cc1. The van der Waals surface area contributed by atoms with Crippen molar-refractivity contribution in [3.63, 3.8) is 0 Å². The first kappa shape index (κ1) is 15.9. The summed E-state index contributed by atoms with van der Waals surface area (Å²) in [7, 11) is 4.15. The molecule has 2 aromatic rings. The minimum absolute atomic E-state index is 0.0331. The van der Waals surface area contributed by atoms with E-state index in [1.54, 1.807) is 0 Å². The van der Waals surface area contributed by atoms with Gasteiger partial charge in [0, 0.05) is 18.0 Å². The zero-order valence-corrected chi connectivity index (χ0v) is 13.6. The molecule has 0 heterocycles. The van der Waals surface area contributed by atoms with Crippen molar-refractivity contribution in [1.82, 2.24) is 4.90 Å². The highest BCUT2D eigenvalue weighted by Crippen LogP contribution is 2.28. The molecule has 3 heteroatoms. The van der Waals surface area contributed by atoms with Crippen LogP contribution in [0.5, 0.6) is 5.75 Å². The van der Waals surface area contributed by atoms with Gasteiger partial charge >= 0.3 is 0 Å². The lowest BCUT2D eigenvalue weighted by Gasteiger charge is -2.22. The smallest absolute Gasteiger partial charge is 0.125 e. The molecule has 2 rings (SSSR count). The minimum Gasteiger partial charge on any atom is -0.485 e. The molecule has 1 unspecified atom stereocenters. The number of benzene rings is 2. The van der Waals surface area contributed by atoms with E-state index in [1.807, 2.05) is 42.5 Å². The largest absolute Gasteiger partial charge is 0.485 e. The second-order valence-corrected chi connectivity index (χ2v) is 5.95. The fourth-order valence-electron chi connectivity index (χ4n) is 2.19. The van der Waals surface area contributed by atoms with E-state index in [2.05, 4.69) is 32.0 Å². The van der Waals surface area contributed by atoms with Gasteiger partial charge < -0.3 is 9.64 Å². The van der Waals surface area contributed by atoms with Crippen LogP contribution in [0.25, 0.3) is 0 Å². The van der Waals surface area contributed by atoms with Gasteiger partial charge in [-0.2, -0.15) is 0 Å². The van der Waals surface area contributed by atoms with Crippen molar-refractivity contribution in [3.05, 3.63) is 64.7 Å². The topological polar surface area (TPSA) is 12.5 Å². The molecule has 0 bridgehead atoms. The molecule has 0 aliphatic carbocycles. The average molecular weight is 304 g/mol. The van der Waals surface area contributed by atoms with E-state index in [-0.39, 0.29) is 6.10 Å². The maximum Gasteiger partial charge on any atom is 0.125 e. The van der Waals surface area contributed by atoms with E-state index < -0.39 is 0 Å². The number of hydrogen-bond donors (Lipinski definition) is 0. The van der Waals surface area contributed by atoms with Crippen LogP contribution in [-0.4, -0.2) is 25.5 Å². The fraction of sp³-hybridized carbons (Fsp3) is 0.333. The first-order valence-corrected chi connectivity index (χ1v) is 7.56. The van der Waals surface area contributed by atoms with Crippen molar-refractivity contribution < 1.29 is 4.74 Å². The van der Waals surface area contributed by atoms with Gasteiger partial charge in [0.15, 0.2) is 0 Å². The Morgan fingerprint density at radius 2 is 1.71 bits per heavy atom. The summed E-state index contributed by atoms with van der Waals surface area (Å²) in [4.78, 5) is 2.17. The molecule has 112 valence electrons. The Hall–Kier alpha value is -1.51. The van der Waals surface area contributed by atoms with Crippen LogP contribution in [0.4, 0.5) is 0 Å². The van der Waals surface area contributed by atoms with Crippen molar-refractivity contribution in [2.45, 2.75) is 19.4 Å². The fourth-order valence-corrected chi connectivity index (χ4v) is 2.31. The Morgan fingerprint density at radius 1 is 1.05 bits per heavy atom. The first-order valence-electron chi connectivity index (χ1n) is 7.19. The van der Waals surface area contributed by atoms with E-state index in [0.717, 1.165) is 34.9 Å². The Balaban J connectivity index is 2.19. The third kappa shape index (κ3) is 4.76. The van der Waals surface area contributed by atoms with Gasteiger partial charge in [-0.15, -0.1) is 0 Å². The highest BCUT2D eigenvalue weighted by atomic mass is 35.5. The van der Waals surface area contributed by atoms with Crippen molar-refractivity contribution in [3.8, 4) is 5.75 Å². The van der Waals surface area contributed by atoms with Crippen LogP contribution in [-0.2, 0) is 0 Å². The lowest BCUT2D eigenvalue weighted by atomic mass is 10.1. The maximum atomic E-state index is 6.25. The van der Waals surface area contributed by atoms with Crippen molar-refractivity contribution in [2.24, 2.45) is 0 Å². The van der Waals surface area contributed by atoms with Crippen LogP contribution < -0.4 is 4.74 Å². The second kappa shape index (κ2) is 7.48. The van der Waals surface area contributed by atoms with Crippen molar-refractivity contribution >= 4 is 11.6 Å². The molecule has 0 radical (unpaired) electrons. The predicted molar refractivity (Wildman–Crippen MR) is 89.2 cm³/mol. The number of para-hydroxylation sites is 1. The van der Waals surface area contributed by atoms with Gasteiger partial charge in [0.2, 0.25) is 0 Å². The molecule has 0 aromatic heterocycles. The minimum atomic E-state index is 0.0331. The van der Waals surface area contributed by atoms with E-state index in [0.29, 0.717) is 0 Å². The standard InChI is InChI=1S/C18H22ClNO/c1-14-6-4-5-7-17(14)21-18(12-13-20(2)3)15-8-10-16(19)11-9-15/h4-11,18H,12-13H2,1-3H3. The second-order valence-electron chi connectivity index (χ2n) is 5.52. The molecule has 21 heavy (non-hydrogen) atoms. The summed E-state index contributed by atoms with van der Waals surface area (Å²) >= 11 is 5.98. The van der Waals surface area contributed by atoms with Gasteiger partial charge in [-0.05, 0) is 50.3 Å². The zero-order chi connectivity index (χ0) is 15.2. The quantitative estimate of drug-likeness (QED) is 0.765. The monoisotopic (exact) mass is 303 g/mol. The lowest BCUT2D eigenvalue weighted by molar-refractivity contribution is 0.178. The molecule has 0 saturated heterocycles. The normalized spacial score (nSPS) is 12.4. The molecule has 0 spiro atoms. The number of halogens is 1. The van der Waals surface area contributed by atoms with Crippen molar-refractivity contribution in [1.29, 1.82) is 0 Å². The van der Waals surface area contributed by atoms with E-state index >= 15 is 0 Å². The predicted octanol–water partition coefficient (Wildman–Crippen LogP) is 4.72. The number of rotatable bonds is 6. The lowest BCUT2D eigenvalue weighted by Crippen LogP contribution is -2.19. The Bertz CT molecular complexity index is 566. The molecular formula is C18H22ClNO. The molecule has 0 saturated carbocycles. The Morgan fingerprint density at radius 3 is 2.33 bits per heavy atom. The third-order valence-electron chi connectivity index (χ3n) is 3.44. The highest BCUT2D eigenvalue weighted by molar-refractivity contribution is 6.30. The molecule has 0 fully saturated rings.